The maximum absolute atomic E-state index is 4.65. The molecule has 2 aliphatic heterocycles. The topological polar surface area (TPSA) is 69.2 Å². The molecule has 2 aliphatic rings. The maximum atomic E-state index is 4.65. The van der Waals surface area contributed by atoms with Crippen LogP contribution >= 0.6 is 0 Å². The third-order valence-electron chi connectivity index (χ3n) is 3.62. The van der Waals surface area contributed by atoms with Gasteiger partial charge in [-0.3, -0.25) is 0 Å². The van der Waals surface area contributed by atoms with Crippen molar-refractivity contribution in [3.63, 3.8) is 0 Å². The fraction of sp³-hybridized carbons (Fsp3) is 0.750. The summed E-state index contributed by atoms with van der Waals surface area (Å²) in [6, 6.07) is 0. The molecule has 0 saturated carbocycles. The Bertz CT molecular complexity index is 424. The van der Waals surface area contributed by atoms with Gasteiger partial charge in [-0.25, -0.2) is 0 Å². The number of anilines is 3. The summed E-state index contributed by atoms with van der Waals surface area (Å²) in [5.74, 6) is 2.26. The van der Waals surface area contributed by atoms with Crippen LogP contribution in [0.4, 0.5) is 17.8 Å². The minimum atomic E-state index is 0.658. The van der Waals surface area contributed by atoms with E-state index in [4.69, 9.17) is 0 Å². The van der Waals surface area contributed by atoms with Crippen molar-refractivity contribution in [1.82, 2.24) is 20.3 Å². The largest absolute Gasteiger partial charge is 0.357 e. The van der Waals surface area contributed by atoms with E-state index in [1.807, 2.05) is 7.05 Å². The van der Waals surface area contributed by atoms with Crippen LogP contribution < -0.4 is 20.4 Å². The van der Waals surface area contributed by atoms with Gasteiger partial charge >= 0.3 is 0 Å². The van der Waals surface area contributed by atoms with Gasteiger partial charge in [0.2, 0.25) is 17.8 Å². The Labute approximate surface area is 113 Å². The number of nitrogens with one attached hydrogen (secondary N) is 2. The highest BCUT2D eigenvalue weighted by atomic mass is 15.4. The molecule has 0 spiro atoms. The van der Waals surface area contributed by atoms with Crippen molar-refractivity contribution in [3.05, 3.63) is 0 Å². The van der Waals surface area contributed by atoms with Gasteiger partial charge in [0.15, 0.2) is 0 Å². The van der Waals surface area contributed by atoms with Crippen molar-refractivity contribution in [3.8, 4) is 0 Å². The molecule has 0 unspecified atom stereocenters. The summed E-state index contributed by atoms with van der Waals surface area (Å²) in [5, 5.41) is 6.38. The van der Waals surface area contributed by atoms with Crippen molar-refractivity contribution in [2.24, 2.45) is 0 Å². The molecule has 2 N–H and O–H groups in total. The summed E-state index contributed by atoms with van der Waals surface area (Å²) in [5.41, 5.74) is 0. The van der Waals surface area contributed by atoms with Gasteiger partial charge in [-0.15, -0.1) is 0 Å². The van der Waals surface area contributed by atoms with Crippen molar-refractivity contribution < 1.29 is 0 Å². The Morgan fingerprint density at radius 3 is 2.05 bits per heavy atom. The van der Waals surface area contributed by atoms with E-state index < -0.39 is 0 Å². The molecule has 0 aliphatic carbocycles. The van der Waals surface area contributed by atoms with Gasteiger partial charge in [-0.1, -0.05) is 0 Å². The summed E-state index contributed by atoms with van der Waals surface area (Å²) < 4.78 is 0. The lowest BCUT2D eigenvalue weighted by atomic mass is 10.4. The molecule has 104 valence electrons. The highest BCUT2D eigenvalue weighted by Crippen LogP contribution is 2.20. The molecule has 1 aromatic rings. The van der Waals surface area contributed by atoms with Gasteiger partial charge in [0.1, 0.15) is 0 Å². The molecule has 1 aromatic heterocycles. The zero-order chi connectivity index (χ0) is 13.1. The van der Waals surface area contributed by atoms with Crippen molar-refractivity contribution in [2.75, 3.05) is 61.4 Å². The van der Waals surface area contributed by atoms with E-state index in [1.54, 1.807) is 0 Å². The summed E-state index contributed by atoms with van der Waals surface area (Å²) >= 11 is 0. The molecule has 3 heterocycles. The first-order valence-electron chi connectivity index (χ1n) is 7.01. The number of aromatic nitrogens is 3. The molecule has 0 atom stereocenters. The minimum Gasteiger partial charge on any atom is -0.357 e. The number of hydrogen-bond donors (Lipinski definition) is 2. The normalized spacial score (nSPS) is 19.8. The second-order valence-corrected chi connectivity index (χ2v) is 4.94. The molecule has 0 bridgehead atoms. The van der Waals surface area contributed by atoms with Crippen molar-refractivity contribution in [2.45, 2.75) is 12.8 Å². The molecular weight excluding hydrogens is 242 g/mol. The minimum absolute atomic E-state index is 0.658. The maximum Gasteiger partial charge on any atom is 0.232 e. The SMILES string of the molecule is CNc1nc(N2CCCC2)nc(N2CCNCC2)n1. The Hall–Kier alpha value is -1.63. The van der Waals surface area contributed by atoms with Gasteiger partial charge in [-0.05, 0) is 12.8 Å². The summed E-state index contributed by atoms with van der Waals surface area (Å²) in [6.07, 6.45) is 2.45. The van der Waals surface area contributed by atoms with Crippen LogP contribution in [0.2, 0.25) is 0 Å². The molecule has 0 radical (unpaired) electrons. The van der Waals surface area contributed by atoms with E-state index in [1.165, 1.54) is 12.8 Å². The first-order chi connectivity index (χ1) is 9.36. The quantitative estimate of drug-likeness (QED) is 0.790. The molecule has 7 heteroatoms. The third-order valence-corrected chi connectivity index (χ3v) is 3.62. The lowest BCUT2D eigenvalue weighted by Crippen LogP contribution is -2.44. The van der Waals surface area contributed by atoms with Crippen LogP contribution in [0.1, 0.15) is 12.8 Å². The van der Waals surface area contributed by atoms with E-state index in [9.17, 15) is 0 Å². The van der Waals surface area contributed by atoms with Crippen LogP contribution in [-0.2, 0) is 0 Å². The van der Waals surface area contributed by atoms with Crippen LogP contribution in [0.3, 0.4) is 0 Å². The monoisotopic (exact) mass is 263 g/mol. The van der Waals surface area contributed by atoms with E-state index in [0.717, 1.165) is 51.2 Å². The average Bonchev–Trinajstić information content (AvgIpc) is 3.02. The smallest absolute Gasteiger partial charge is 0.232 e. The molecule has 0 amide bonds. The lowest BCUT2D eigenvalue weighted by Gasteiger charge is -2.28. The van der Waals surface area contributed by atoms with Crippen LogP contribution in [-0.4, -0.2) is 61.3 Å². The van der Waals surface area contributed by atoms with Crippen LogP contribution in [0.25, 0.3) is 0 Å². The molecule has 0 aromatic carbocycles. The van der Waals surface area contributed by atoms with Gasteiger partial charge < -0.3 is 20.4 Å². The number of piperazine rings is 1. The Morgan fingerprint density at radius 2 is 1.47 bits per heavy atom. The Balaban J connectivity index is 1.87. The fourth-order valence-electron chi connectivity index (χ4n) is 2.53. The summed E-state index contributed by atoms with van der Waals surface area (Å²) in [7, 11) is 1.85. The highest BCUT2D eigenvalue weighted by molar-refractivity contribution is 5.45. The van der Waals surface area contributed by atoms with Gasteiger partial charge in [0.05, 0.1) is 0 Å². The molecule has 2 saturated heterocycles. The first kappa shape index (κ1) is 12.4. The Kier molecular flexibility index (Phi) is 3.63. The zero-order valence-electron chi connectivity index (χ0n) is 11.4. The fourth-order valence-corrected chi connectivity index (χ4v) is 2.53. The molecule has 7 nitrogen and oxygen atoms in total. The average molecular weight is 263 g/mol. The van der Waals surface area contributed by atoms with E-state index in [0.29, 0.717) is 5.95 Å². The molecule has 19 heavy (non-hydrogen) atoms. The van der Waals surface area contributed by atoms with Gasteiger partial charge in [0.25, 0.3) is 0 Å². The van der Waals surface area contributed by atoms with E-state index in [2.05, 4.69) is 35.4 Å². The Morgan fingerprint density at radius 1 is 0.895 bits per heavy atom. The van der Waals surface area contributed by atoms with Gasteiger partial charge in [0, 0.05) is 46.3 Å². The second kappa shape index (κ2) is 5.56. The third kappa shape index (κ3) is 2.70. The number of nitrogens with zero attached hydrogens (tertiary/aromatic N) is 5. The lowest BCUT2D eigenvalue weighted by molar-refractivity contribution is 0.579. The van der Waals surface area contributed by atoms with E-state index in [-0.39, 0.29) is 0 Å². The van der Waals surface area contributed by atoms with Crippen LogP contribution in [0.5, 0.6) is 0 Å². The van der Waals surface area contributed by atoms with Crippen LogP contribution in [0.15, 0.2) is 0 Å². The standard InChI is InChI=1S/C12H21N7/c1-13-10-15-11(18-6-2-3-7-18)17-12(16-10)19-8-4-14-5-9-19/h14H,2-9H2,1H3,(H,13,15,16,17). The molecule has 3 rings (SSSR count). The number of hydrogen-bond acceptors (Lipinski definition) is 7. The highest BCUT2D eigenvalue weighted by Gasteiger charge is 2.20. The van der Waals surface area contributed by atoms with E-state index >= 15 is 0 Å². The zero-order valence-corrected chi connectivity index (χ0v) is 11.4. The molecular formula is C12H21N7. The van der Waals surface area contributed by atoms with Crippen LogP contribution in [0, 0.1) is 0 Å². The summed E-state index contributed by atoms with van der Waals surface area (Å²) in [6.45, 7) is 5.97. The van der Waals surface area contributed by atoms with Crippen molar-refractivity contribution in [1.29, 1.82) is 0 Å². The summed E-state index contributed by atoms with van der Waals surface area (Å²) in [4.78, 5) is 18.1. The predicted octanol–water partition coefficient (Wildman–Crippen LogP) is -0.0769. The van der Waals surface area contributed by atoms with Gasteiger partial charge in [-0.2, -0.15) is 15.0 Å². The second-order valence-electron chi connectivity index (χ2n) is 4.94. The number of rotatable bonds is 3. The first-order valence-corrected chi connectivity index (χ1v) is 7.01. The van der Waals surface area contributed by atoms with Crippen molar-refractivity contribution >= 4 is 17.8 Å². The predicted molar refractivity (Wildman–Crippen MR) is 75.9 cm³/mol. The molecule has 2 fully saturated rings.